The molecule has 2 aliphatic rings. The van der Waals surface area contributed by atoms with E-state index in [2.05, 4.69) is 41.5 Å². The van der Waals surface area contributed by atoms with E-state index in [4.69, 9.17) is 21.3 Å². The molecule has 0 aromatic heterocycles. The molecule has 0 radical (unpaired) electrons. The number of hydrogen-bond donors (Lipinski definition) is 2. The van der Waals surface area contributed by atoms with Crippen molar-refractivity contribution in [3.05, 3.63) is 71.3 Å². The Bertz CT molecular complexity index is 872. The van der Waals surface area contributed by atoms with Crippen LogP contribution in [0.2, 0.25) is 5.02 Å². The van der Waals surface area contributed by atoms with Crippen molar-refractivity contribution < 1.29 is 4.74 Å². The van der Waals surface area contributed by atoms with E-state index >= 15 is 0 Å². The van der Waals surface area contributed by atoms with Crippen molar-refractivity contribution in [3.63, 3.8) is 0 Å². The smallest absolute Gasteiger partial charge is 0.127 e. The second kappa shape index (κ2) is 7.75. The zero-order chi connectivity index (χ0) is 18.7. The lowest BCUT2D eigenvalue weighted by atomic mass is 9.85. The van der Waals surface area contributed by atoms with Gasteiger partial charge in [-0.15, -0.1) is 6.58 Å². The molecule has 27 heavy (non-hydrogen) atoms. The summed E-state index contributed by atoms with van der Waals surface area (Å²) in [6.45, 7) is 5.94. The lowest BCUT2D eigenvalue weighted by molar-refractivity contribution is 0.0778. The van der Waals surface area contributed by atoms with Crippen molar-refractivity contribution in [1.82, 2.24) is 0 Å². The number of allylic oxidation sites excluding steroid dienone is 1. The molecule has 2 aliphatic heterocycles. The van der Waals surface area contributed by atoms with Crippen molar-refractivity contribution in [2.24, 2.45) is 4.99 Å². The lowest BCUT2D eigenvalue weighted by Gasteiger charge is -2.44. The third kappa shape index (κ3) is 3.73. The van der Waals surface area contributed by atoms with Crippen LogP contribution in [0.4, 0.5) is 11.4 Å². The number of para-hydroxylation sites is 1. The number of ether oxygens (including phenoxy) is 1. The number of hydrogen-bond acceptors (Lipinski definition) is 3. The number of anilines is 2. The zero-order valence-corrected chi connectivity index (χ0v) is 16.1. The fraction of sp³-hybridized carbons (Fsp3) is 0.318. The molecule has 0 saturated carbocycles. The number of nitrogens with one attached hydrogen (secondary N) is 2. The number of rotatable bonds is 4. The molecule has 4 nitrogen and oxygen atoms in total. The van der Waals surface area contributed by atoms with Gasteiger partial charge in [-0.1, -0.05) is 41.9 Å². The molecular weight excluding hydrogens is 358 g/mol. The Balaban J connectivity index is 1.70. The van der Waals surface area contributed by atoms with E-state index in [0.717, 1.165) is 60.3 Å². The summed E-state index contributed by atoms with van der Waals surface area (Å²) in [6, 6.07) is 14.2. The Morgan fingerprint density at radius 1 is 1.19 bits per heavy atom. The Morgan fingerprint density at radius 3 is 2.78 bits per heavy atom. The largest absolute Gasteiger partial charge is 0.381 e. The zero-order valence-electron chi connectivity index (χ0n) is 15.3. The van der Waals surface area contributed by atoms with Crippen molar-refractivity contribution >= 4 is 28.8 Å². The number of benzene rings is 2. The number of amidine groups is 1. The third-order valence-corrected chi connectivity index (χ3v) is 5.48. The van der Waals surface area contributed by atoms with Gasteiger partial charge in [0.1, 0.15) is 5.84 Å². The van der Waals surface area contributed by atoms with Crippen molar-refractivity contribution in [1.29, 1.82) is 0 Å². The first-order chi connectivity index (χ1) is 13.2. The Labute approximate surface area is 165 Å². The molecule has 0 aliphatic carbocycles. The summed E-state index contributed by atoms with van der Waals surface area (Å²) >= 11 is 6.12. The maximum Gasteiger partial charge on any atom is 0.127 e. The van der Waals surface area contributed by atoms with Crippen LogP contribution in [0.15, 0.2) is 60.1 Å². The van der Waals surface area contributed by atoms with Crippen molar-refractivity contribution in [3.8, 4) is 0 Å². The summed E-state index contributed by atoms with van der Waals surface area (Å²) in [5.41, 5.74) is 4.35. The predicted octanol–water partition coefficient (Wildman–Crippen LogP) is 5.05. The average molecular weight is 382 g/mol. The van der Waals surface area contributed by atoms with Crippen LogP contribution >= 0.6 is 11.6 Å². The van der Waals surface area contributed by atoms with Crippen molar-refractivity contribution in [2.45, 2.75) is 31.3 Å². The van der Waals surface area contributed by atoms with Gasteiger partial charge in [-0.3, -0.25) is 4.99 Å². The van der Waals surface area contributed by atoms with E-state index in [1.54, 1.807) is 0 Å². The first-order valence-corrected chi connectivity index (χ1v) is 9.73. The number of aliphatic imine (C=N–C) groups is 1. The van der Waals surface area contributed by atoms with Crippen LogP contribution < -0.4 is 10.6 Å². The molecule has 0 atom stereocenters. The topological polar surface area (TPSA) is 45.6 Å². The molecule has 1 saturated heterocycles. The fourth-order valence-electron chi connectivity index (χ4n) is 3.80. The third-order valence-electron chi connectivity index (χ3n) is 5.24. The quantitative estimate of drug-likeness (QED) is 0.728. The predicted molar refractivity (Wildman–Crippen MR) is 113 cm³/mol. The first-order valence-electron chi connectivity index (χ1n) is 9.35. The Morgan fingerprint density at radius 2 is 2.00 bits per heavy atom. The fourth-order valence-corrected chi connectivity index (χ4v) is 4.01. The molecular formula is C22H24ClN3O. The molecule has 2 aromatic carbocycles. The summed E-state index contributed by atoms with van der Waals surface area (Å²) in [7, 11) is 0. The highest BCUT2D eigenvalue weighted by atomic mass is 35.5. The van der Waals surface area contributed by atoms with E-state index in [9.17, 15) is 0 Å². The molecule has 0 amide bonds. The second-order valence-corrected chi connectivity index (χ2v) is 7.51. The SMILES string of the molecule is C=CCc1cccc2c1NC1(CCOCC1)C(=NCc1cccc(Cl)c1)N2. The van der Waals surface area contributed by atoms with Crippen LogP contribution in [-0.4, -0.2) is 24.6 Å². The minimum Gasteiger partial charge on any atom is -0.381 e. The van der Waals surface area contributed by atoms with Crippen LogP contribution in [0.1, 0.15) is 24.0 Å². The van der Waals surface area contributed by atoms with Gasteiger partial charge in [0.25, 0.3) is 0 Å². The van der Waals surface area contributed by atoms with Crippen LogP contribution in [0, 0.1) is 0 Å². The Kier molecular flexibility index (Phi) is 5.19. The molecule has 4 rings (SSSR count). The van der Waals surface area contributed by atoms with Crippen LogP contribution in [0.3, 0.4) is 0 Å². The van der Waals surface area contributed by atoms with Gasteiger partial charge in [-0.05, 0) is 35.7 Å². The molecule has 2 N–H and O–H groups in total. The molecule has 5 heteroatoms. The summed E-state index contributed by atoms with van der Waals surface area (Å²) in [4.78, 5) is 4.95. The van der Waals surface area contributed by atoms with Crippen molar-refractivity contribution in [2.75, 3.05) is 23.8 Å². The van der Waals surface area contributed by atoms with Crippen LogP contribution in [-0.2, 0) is 17.7 Å². The normalized spacial score (nSPS) is 19.2. The summed E-state index contributed by atoms with van der Waals surface area (Å²) in [5, 5.41) is 8.16. The molecule has 1 fully saturated rings. The van der Waals surface area contributed by atoms with Gasteiger partial charge >= 0.3 is 0 Å². The minimum absolute atomic E-state index is 0.221. The number of nitrogens with zero attached hydrogens (tertiary/aromatic N) is 1. The maximum absolute atomic E-state index is 6.12. The van der Waals surface area contributed by atoms with E-state index in [1.165, 1.54) is 5.56 Å². The lowest BCUT2D eigenvalue weighted by Crippen LogP contribution is -2.56. The molecule has 0 bridgehead atoms. The van der Waals surface area contributed by atoms with E-state index in [1.807, 2.05) is 24.3 Å². The molecule has 140 valence electrons. The van der Waals surface area contributed by atoms with E-state index < -0.39 is 0 Å². The highest BCUT2D eigenvalue weighted by Gasteiger charge is 2.41. The molecule has 2 heterocycles. The van der Waals surface area contributed by atoms with Gasteiger partial charge in [0.2, 0.25) is 0 Å². The van der Waals surface area contributed by atoms with Gasteiger partial charge in [0.05, 0.1) is 23.5 Å². The highest BCUT2D eigenvalue weighted by molar-refractivity contribution is 6.30. The number of halogens is 1. The van der Waals surface area contributed by atoms with Crippen LogP contribution in [0.25, 0.3) is 0 Å². The van der Waals surface area contributed by atoms with Crippen LogP contribution in [0.5, 0.6) is 0 Å². The number of fused-ring (bicyclic) bond motifs is 1. The summed E-state index contributed by atoms with van der Waals surface area (Å²) in [6.07, 6.45) is 4.54. The van der Waals surface area contributed by atoms with E-state index in [0.29, 0.717) is 6.54 Å². The highest BCUT2D eigenvalue weighted by Crippen LogP contribution is 2.39. The van der Waals surface area contributed by atoms with Gasteiger partial charge in [-0.25, -0.2) is 0 Å². The minimum atomic E-state index is -0.221. The van der Waals surface area contributed by atoms with E-state index in [-0.39, 0.29) is 5.54 Å². The molecule has 1 spiro atoms. The summed E-state index contributed by atoms with van der Waals surface area (Å²) in [5.74, 6) is 0.981. The molecule has 2 aromatic rings. The summed E-state index contributed by atoms with van der Waals surface area (Å²) < 4.78 is 5.63. The first kappa shape index (κ1) is 18.1. The van der Waals surface area contributed by atoms with Gasteiger partial charge < -0.3 is 15.4 Å². The van der Waals surface area contributed by atoms with Gasteiger partial charge in [0, 0.05) is 31.1 Å². The Hall–Kier alpha value is -2.30. The maximum atomic E-state index is 6.12. The molecule has 0 unspecified atom stereocenters. The van der Waals surface area contributed by atoms with Gasteiger partial charge in [-0.2, -0.15) is 0 Å². The monoisotopic (exact) mass is 381 g/mol. The standard InChI is InChI=1S/C22H24ClN3O/c1-2-5-17-7-4-9-19-20(17)26-22(10-12-27-13-11-22)21(25-19)24-15-16-6-3-8-18(23)14-16/h2-4,6-9,14,26H,1,5,10-13,15H2,(H,24,25). The average Bonchev–Trinajstić information content (AvgIpc) is 2.68. The second-order valence-electron chi connectivity index (χ2n) is 7.07. The van der Waals surface area contributed by atoms with Gasteiger partial charge in [0.15, 0.2) is 0 Å².